The molecule has 0 saturated carbocycles. The molecule has 1 fully saturated rings. The van der Waals surface area contributed by atoms with Gasteiger partial charge in [0.25, 0.3) is 0 Å². The van der Waals surface area contributed by atoms with E-state index in [1.807, 2.05) is 26.0 Å². The van der Waals surface area contributed by atoms with Crippen LogP contribution in [0, 0.1) is 0 Å². The van der Waals surface area contributed by atoms with E-state index in [9.17, 15) is 5.11 Å². The SMILES string of the molecule is CC[C@]1(C)C[C@](O)(CNCc2ccc(OC(C)C)cc2)CCO1. The normalized spacial score (nSPS) is 28.1. The zero-order chi connectivity index (χ0) is 16.9. The van der Waals surface area contributed by atoms with Crippen LogP contribution in [0.25, 0.3) is 0 Å². The summed E-state index contributed by atoms with van der Waals surface area (Å²) in [5.74, 6) is 0.894. The van der Waals surface area contributed by atoms with Crippen LogP contribution in [-0.4, -0.2) is 35.6 Å². The van der Waals surface area contributed by atoms with E-state index in [-0.39, 0.29) is 11.7 Å². The van der Waals surface area contributed by atoms with Crippen molar-refractivity contribution >= 4 is 0 Å². The average molecular weight is 321 g/mol. The molecular weight excluding hydrogens is 290 g/mol. The minimum Gasteiger partial charge on any atom is -0.491 e. The maximum atomic E-state index is 10.8. The summed E-state index contributed by atoms with van der Waals surface area (Å²) >= 11 is 0. The first-order chi connectivity index (χ1) is 10.8. The second kappa shape index (κ2) is 7.65. The monoisotopic (exact) mass is 321 g/mol. The van der Waals surface area contributed by atoms with E-state index >= 15 is 0 Å². The molecule has 1 aromatic carbocycles. The van der Waals surface area contributed by atoms with Gasteiger partial charge in [-0.25, -0.2) is 0 Å². The summed E-state index contributed by atoms with van der Waals surface area (Å²) in [6.07, 6.45) is 2.49. The zero-order valence-electron chi connectivity index (χ0n) is 14.9. The molecule has 4 heteroatoms. The van der Waals surface area contributed by atoms with Crippen molar-refractivity contribution in [2.24, 2.45) is 0 Å². The second-order valence-electron chi connectivity index (χ2n) is 7.22. The lowest BCUT2D eigenvalue weighted by atomic mass is 9.82. The molecule has 0 bridgehead atoms. The molecule has 0 aromatic heterocycles. The van der Waals surface area contributed by atoms with Gasteiger partial charge in [-0.2, -0.15) is 0 Å². The topological polar surface area (TPSA) is 50.7 Å². The molecule has 130 valence electrons. The number of ether oxygens (including phenoxy) is 2. The molecule has 4 nitrogen and oxygen atoms in total. The third kappa shape index (κ3) is 5.48. The summed E-state index contributed by atoms with van der Waals surface area (Å²) in [5.41, 5.74) is 0.309. The molecule has 0 aliphatic carbocycles. The fourth-order valence-corrected chi connectivity index (χ4v) is 3.10. The van der Waals surface area contributed by atoms with E-state index in [4.69, 9.17) is 9.47 Å². The Morgan fingerprint density at radius 3 is 2.61 bits per heavy atom. The Morgan fingerprint density at radius 2 is 2.00 bits per heavy atom. The first-order valence-electron chi connectivity index (χ1n) is 8.67. The van der Waals surface area contributed by atoms with Crippen LogP contribution < -0.4 is 10.1 Å². The summed E-state index contributed by atoms with van der Waals surface area (Å²) < 4.78 is 11.5. The van der Waals surface area contributed by atoms with E-state index in [1.165, 1.54) is 5.56 Å². The van der Waals surface area contributed by atoms with Gasteiger partial charge in [0.15, 0.2) is 0 Å². The Hall–Kier alpha value is -1.10. The van der Waals surface area contributed by atoms with Gasteiger partial charge in [0.2, 0.25) is 0 Å². The van der Waals surface area contributed by atoms with Crippen LogP contribution >= 0.6 is 0 Å². The number of hydrogen-bond acceptors (Lipinski definition) is 4. The predicted octanol–water partition coefficient (Wildman–Crippen LogP) is 3.27. The average Bonchev–Trinajstić information content (AvgIpc) is 2.48. The van der Waals surface area contributed by atoms with Crippen molar-refractivity contribution in [3.8, 4) is 5.75 Å². The van der Waals surface area contributed by atoms with Crippen molar-refractivity contribution < 1.29 is 14.6 Å². The molecule has 0 amide bonds. The zero-order valence-corrected chi connectivity index (χ0v) is 14.9. The Kier molecular flexibility index (Phi) is 6.06. The van der Waals surface area contributed by atoms with Crippen molar-refractivity contribution in [1.82, 2.24) is 5.32 Å². The molecular formula is C19H31NO3. The molecule has 2 atom stereocenters. The Balaban J connectivity index is 1.82. The van der Waals surface area contributed by atoms with E-state index in [0.717, 1.165) is 18.7 Å². The smallest absolute Gasteiger partial charge is 0.119 e. The van der Waals surface area contributed by atoms with Gasteiger partial charge in [0.1, 0.15) is 5.75 Å². The first-order valence-corrected chi connectivity index (χ1v) is 8.67. The molecule has 0 spiro atoms. The highest BCUT2D eigenvalue weighted by atomic mass is 16.5. The van der Waals surface area contributed by atoms with Gasteiger partial charge in [-0.1, -0.05) is 19.1 Å². The largest absolute Gasteiger partial charge is 0.491 e. The number of rotatable bonds is 7. The van der Waals surface area contributed by atoms with Crippen molar-refractivity contribution in [1.29, 1.82) is 0 Å². The second-order valence-corrected chi connectivity index (χ2v) is 7.22. The number of benzene rings is 1. The highest BCUT2D eigenvalue weighted by Crippen LogP contribution is 2.34. The number of nitrogens with one attached hydrogen (secondary N) is 1. The van der Waals surface area contributed by atoms with Gasteiger partial charge in [-0.3, -0.25) is 0 Å². The maximum Gasteiger partial charge on any atom is 0.119 e. The lowest BCUT2D eigenvalue weighted by Crippen LogP contribution is -2.52. The summed E-state index contributed by atoms with van der Waals surface area (Å²) in [5, 5.41) is 14.2. The van der Waals surface area contributed by atoms with Gasteiger partial charge in [-0.05, 0) is 44.9 Å². The molecule has 2 rings (SSSR count). The van der Waals surface area contributed by atoms with Crippen molar-refractivity contribution in [2.45, 2.75) is 70.8 Å². The molecule has 23 heavy (non-hydrogen) atoms. The molecule has 2 N–H and O–H groups in total. The molecule has 1 aromatic rings. The van der Waals surface area contributed by atoms with Crippen LogP contribution in [0.15, 0.2) is 24.3 Å². The third-order valence-electron chi connectivity index (χ3n) is 4.55. The number of aliphatic hydroxyl groups is 1. The molecule has 0 radical (unpaired) electrons. The van der Waals surface area contributed by atoms with Crippen molar-refractivity contribution in [3.05, 3.63) is 29.8 Å². The molecule has 0 unspecified atom stereocenters. The maximum absolute atomic E-state index is 10.8. The highest BCUT2D eigenvalue weighted by Gasteiger charge is 2.40. The lowest BCUT2D eigenvalue weighted by Gasteiger charge is -2.43. The van der Waals surface area contributed by atoms with Gasteiger partial charge in [0, 0.05) is 25.9 Å². The van der Waals surface area contributed by atoms with Crippen LogP contribution in [0.1, 0.15) is 52.5 Å². The van der Waals surface area contributed by atoms with E-state index in [1.54, 1.807) is 0 Å². The molecule has 1 saturated heterocycles. The van der Waals surface area contributed by atoms with E-state index in [2.05, 4.69) is 31.3 Å². The van der Waals surface area contributed by atoms with Crippen molar-refractivity contribution in [2.75, 3.05) is 13.2 Å². The quantitative estimate of drug-likeness (QED) is 0.809. The molecule has 1 heterocycles. The van der Waals surface area contributed by atoms with Gasteiger partial charge in [-0.15, -0.1) is 0 Å². The Bertz CT molecular complexity index is 488. The fourth-order valence-electron chi connectivity index (χ4n) is 3.10. The first kappa shape index (κ1) is 18.2. The van der Waals surface area contributed by atoms with Crippen LogP contribution in [0.5, 0.6) is 5.75 Å². The van der Waals surface area contributed by atoms with Crippen LogP contribution in [0.3, 0.4) is 0 Å². The minimum absolute atomic E-state index is 0.189. The number of hydrogen-bond donors (Lipinski definition) is 2. The lowest BCUT2D eigenvalue weighted by molar-refractivity contribution is -0.151. The minimum atomic E-state index is -0.677. The summed E-state index contributed by atoms with van der Waals surface area (Å²) in [7, 11) is 0. The van der Waals surface area contributed by atoms with Gasteiger partial charge in [0.05, 0.1) is 23.9 Å². The molecule has 1 aliphatic rings. The van der Waals surface area contributed by atoms with Crippen molar-refractivity contribution in [3.63, 3.8) is 0 Å². The highest BCUT2D eigenvalue weighted by molar-refractivity contribution is 5.27. The molecule has 1 aliphatic heterocycles. The van der Waals surface area contributed by atoms with Gasteiger partial charge < -0.3 is 19.9 Å². The predicted molar refractivity (Wildman–Crippen MR) is 92.7 cm³/mol. The summed E-state index contributed by atoms with van der Waals surface area (Å²) in [4.78, 5) is 0. The third-order valence-corrected chi connectivity index (χ3v) is 4.55. The Labute approximate surface area is 140 Å². The van der Waals surface area contributed by atoms with Gasteiger partial charge >= 0.3 is 0 Å². The summed E-state index contributed by atoms with van der Waals surface area (Å²) in [6, 6.07) is 8.12. The fraction of sp³-hybridized carbons (Fsp3) is 0.684. The van der Waals surface area contributed by atoms with Crippen LogP contribution in [0.2, 0.25) is 0 Å². The Morgan fingerprint density at radius 1 is 1.30 bits per heavy atom. The van der Waals surface area contributed by atoms with Crippen LogP contribution in [-0.2, 0) is 11.3 Å². The standard InChI is InChI=1S/C19H31NO3/c1-5-18(4)13-19(21,10-11-22-18)14-20-12-16-6-8-17(9-7-16)23-15(2)3/h6-9,15,20-21H,5,10-14H2,1-4H3/t18-,19+/m1/s1. The van der Waals surface area contributed by atoms with Crippen LogP contribution in [0.4, 0.5) is 0 Å². The van der Waals surface area contributed by atoms with E-state index < -0.39 is 5.60 Å². The summed E-state index contributed by atoms with van der Waals surface area (Å²) in [6.45, 7) is 10.2. The van der Waals surface area contributed by atoms with E-state index in [0.29, 0.717) is 26.0 Å².